The maximum absolute atomic E-state index is 12.5. The minimum Gasteiger partial charge on any atom is -0.326 e. The van der Waals surface area contributed by atoms with E-state index in [9.17, 15) is 4.21 Å². The molecule has 3 unspecified atom stereocenters. The van der Waals surface area contributed by atoms with Crippen molar-refractivity contribution in [2.45, 2.75) is 49.3 Å². The van der Waals surface area contributed by atoms with Crippen LogP contribution < -0.4 is 5.73 Å². The Bertz CT molecular complexity index is 402. The minimum atomic E-state index is -0.972. The van der Waals surface area contributed by atoms with Crippen LogP contribution in [0.25, 0.3) is 0 Å². The number of hydrogen-bond acceptors (Lipinski definition) is 2. The zero-order chi connectivity index (χ0) is 12.5. The van der Waals surface area contributed by atoms with Gasteiger partial charge in [-0.25, -0.2) is 0 Å². The van der Waals surface area contributed by atoms with Crippen LogP contribution in [0.5, 0.6) is 0 Å². The standard InChI is InChI=1S/C14H21NOS/c1-14(2)10-6-9-12(13(14)15)17(16)11-7-4-3-5-8-11/h3-5,7-8,12-13H,6,9-10,15H2,1-2H3. The van der Waals surface area contributed by atoms with Crippen LogP contribution in [0.15, 0.2) is 35.2 Å². The lowest BCUT2D eigenvalue weighted by atomic mass is 9.73. The van der Waals surface area contributed by atoms with E-state index in [1.807, 2.05) is 30.3 Å². The van der Waals surface area contributed by atoms with E-state index in [1.54, 1.807) is 0 Å². The third-order valence-electron chi connectivity index (χ3n) is 3.86. The predicted octanol–water partition coefficient (Wildman–Crippen LogP) is 2.70. The van der Waals surface area contributed by atoms with Crippen molar-refractivity contribution in [2.24, 2.45) is 11.1 Å². The van der Waals surface area contributed by atoms with Gasteiger partial charge in [-0.2, -0.15) is 0 Å². The second-order valence-corrected chi connectivity index (χ2v) is 7.23. The van der Waals surface area contributed by atoms with Gasteiger partial charge in [-0.05, 0) is 30.4 Å². The van der Waals surface area contributed by atoms with E-state index in [1.165, 1.54) is 0 Å². The minimum absolute atomic E-state index is 0.0253. The smallest absolute Gasteiger partial charge is 0.0576 e. The topological polar surface area (TPSA) is 43.1 Å². The van der Waals surface area contributed by atoms with Crippen LogP contribution >= 0.6 is 0 Å². The van der Waals surface area contributed by atoms with Crippen molar-refractivity contribution < 1.29 is 4.21 Å². The van der Waals surface area contributed by atoms with Crippen LogP contribution in [0, 0.1) is 5.41 Å². The number of hydrogen-bond donors (Lipinski definition) is 1. The molecule has 2 N–H and O–H groups in total. The van der Waals surface area contributed by atoms with E-state index in [0.29, 0.717) is 0 Å². The molecule has 1 aliphatic rings. The fraction of sp³-hybridized carbons (Fsp3) is 0.571. The maximum atomic E-state index is 12.5. The fourth-order valence-electron chi connectivity index (χ4n) is 2.58. The summed E-state index contributed by atoms with van der Waals surface area (Å²) in [4.78, 5) is 0.908. The maximum Gasteiger partial charge on any atom is 0.0576 e. The predicted molar refractivity (Wildman–Crippen MR) is 72.2 cm³/mol. The van der Waals surface area contributed by atoms with Crippen LogP contribution in [-0.2, 0) is 10.8 Å². The summed E-state index contributed by atoms with van der Waals surface area (Å²) in [7, 11) is -0.972. The summed E-state index contributed by atoms with van der Waals surface area (Å²) < 4.78 is 12.5. The Balaban J connectivity index is 2.20. The molecule has 94 valence electrons. The Morgan fingerprint density at radius 2 is 1.94 bits per heavy atom. The molecule has 2 rings (SSSR count). The van der Waals surface area contributed by atoms with Crippen LogP contribution in [0.3, 0.4) is 0 Å². The van der Waals surface area contributed by atoms with Crippen LogP contribution in [0.1, 0.15) is 33.1 Å². The first kappa shape index (κ1) is 12.8. The van der Waals surface area contributed by atoms with Crippen molar-refractivity contribution in [3.05, 3.63) is 30.3 Å². The third kappa shape index (κ3) is 2.61. The first-order valence-corrected chi connectivity index (χ1v) is 7.45. The lowest BCUT2D eigenvalue weighted by Crippen LogP contribution is -2.51. The summed E-state index contributed by atoms with van der Waals surface area (Å²) in [6.07, 6.45) is 3.24. The Labute approximate surface area is 106 Å². The molecule has 3 atom stereocenters. The molecule has 0 aromatic heterocycles. The van der Waals surface area contributed by atoms with Gasteiger partial charge in [0.2, 0.25) is 0 Å². The van der Waals surface area contributed by atoms with E-state index in [0.717, 1.165) is 24.2 Å². The van der Waals surface area contributed by atoms with Gasteiger partial charge in [0.15, 0.2) is 0 Å². The molecule has 0 bridgehead atoms. The van der Waals surface area contributed by atoms with E-state index < -0.39 is 10.8 Å². The molecule has 3 heteroatoms. The van der Waals surface area contributed by atoms with Gasteiger partial charge in [0.1, 0.15) is 0 Å². The normalized spacial score (nSPS) is 29.8. The highest BCUT2D eigenvalue weighted by molar-refractivity contribution is 7.85. The van der Waals surface area contributed by atoms with Crippen molar-refractivity contribution in [3.8, 4) is 0 Å². The van der Waals surface area contributed by atoms with Gasteiger partial charge in [-0.1, -0.05) is 38.5 Å². The van der Waals surface area contributed by atoms with Crippen LogP contribution in [0.2, 0.25) is 0 Å². The summed E-state index contributed by atoms with van der Waals surface area (Å²) in [6.45, 7) is 4.37. The Hall–Kier alpha value is -0.670. The van der Waals surface area contributed by atoms with E-state index in [2.05, 4.69) is 13.8 Å². The average Bonchev–Trinajstić information content (AvgIpc) is 2.33. The molecular weight excluding hydrogens is 230 g/mol. The first-order chi connectivity index (χ1) is 8.02. The zero-order valence-corrected chi connectivity index (χ0v) is 11.4. The van der Waals surface area contributed by atoms with E-state index >= 15 is 0 Å². The van der Waals surface area contributed by atoms with Crippen LogP contribution in [0.4, 0.5) is 0 Å². The molecule has 17 heavy (non-hydrogen) atoms. The molecule has 0 aliphatic heterocycles. The molecule has 1 aromatic rings. The molecule has 1 fully saturated rings. The highest BCUT2D eigenvalue weighted by Crippen LogP contribution is 2.37. The highest BCUT2D eigenvalue weighted by atomic mass is 32.2. The number of benzene rings is 1. The summed E-state index contributed by atoms with van der Waals surface area (Å²) in [5.74, 6) is 0. The molecule has 1 aliphatic carbocycles. The lowest BCUT2D eigenvalue weighted by molar-refractivity contribution is 0.206. The van der Waals surface area contributed by atoms with Gasteiger partial charge in [0.25, 0.3) is 0 Å². The highest BCUT2D eigenvalue weighted by Gasteiger charge is 2.39. The first-order valence-electron chi connectivity index (χ1n) is 6.23. The molecular formula is C14H21NOS. The molecule has 2 nitrogen and oxygen atoms in total. The van der Waals surface area contributed by atoms with Gasteiger partial charge >= 0.3 is 0 Å². The second kappa shape index (κ2) is 4.91. The molecule has 1 aromatic carbocycles. The summed E-state index contributed by atoms with van der Waals surface area (Å²) in [5.41, 5.74) is 6.41. The zero-order valence-electron chi connectivity index (χ0n) is 10.6. The second-order valence-electron chi connectivity index (χ2n) is 5.56. The molecule has 0 radical (unpaired) electrons. The summed E-state index contributed by atoms with van der Waals surface area (Å²) in [5, 5.41) is 0.0983. The number of nitrogens with two attached hydrogens (primary N) is 1. The van der Waals surface area contributed by atoms with Gasteiger partial charge in [-0.15, -0.1) is 0 Å². The Kier molecular flexibility index (Phi) is 3.69. The van der Waals surface area contributed by atoms with Crippen molar-refractivity contribution in [1.82, 2.24) is 0 Å². The van der Waals surface area contributed by atoms with Crippen molar-refractivity contribution >= 4 is 10.8 Å². The average molecular weight is 251 g/mol. The van der Waals surface area contributed by atoms with Crippen molar-refractivity contribution in [2.75, 3.05) is 0 Å². The van der Waals surface area contributed by atoms with Gasteiger partial charge in [-0.3, -0.25) is 4.21 Å². The van der Waals surface area contributed by atoms with Crippen LogP contribution in [-0.4, -0.2) is 15.5 Å². The van der Waals surface area contributed by atoms with Crippen molar-refractivity contribution in [3.63, 3.8) is 0 Å². The molecule has 1 saturated carbocycles. The third-order valence-corrected chi connectivity index (χ3v) is 5.68. The van der Waals surface area contributed by atoms with Crippen molar-refractivity contribution in [1.29, 1.82) is 0 Å². The molecule has 0 heterocycles. The van der Waals surface area contributed by atoms with Gasteiger partial charge in [0, 0.05) is 10.9 Å². The molecule has 0 amide bonds. The Morgan fingerprint density at radius 1 is 1.29 bits per heavy atom. The largest absolute Gasteiger partial charge is 0.326 e. The Morgan fingerprint density at radius 3 is 2.59 bits per heavy atom. The van der Waals surface area contributed by atoms with E-state index in [4.69, 9.17) is 5.73 Å². The van der Waals surface area contributed by atoms with Gasteiger partial charge < -0.3 is 5.73 Å². The summed E-state index contributed by atoms with van der Waals surface area (Å²) >= 11 is 0. The summed E-state index contributed by atoms with van der Waals surface area (Å²) in [6, 6.07) is 9.72. The number of rotatable bonds is 2. The van der Waals surface area contributed by atoms with E-state index in [-0.39, 0.29) is 16.7 Å². The molecule has 0 spiro atoms. The SMILES string of the molecule is CC1(C)CCCC(S(=O)c2ccccc2)C1N. The monoisotopic (exact) mass is 251 g/mol. The fourth-order valence-corrected chi connectivity index (χ4v) is 4.37. The van der Waals surface area contributed by atoms with Gasteiger partial charge in [0.05, 0.1) is 16.0 Å². The quantitative estimate of drug-likeness (QED) is 0.878. The lowest BCUT2D eigenvalue weighted by Gasteiger charge is -2.41. The molecule has 0 saturated heterocycles.